The molecule has 0 radical (unpaired) electrons. The van der Waals surface area contributed by atoms with Crippen LogP contribution in [-0.4, -0.2) is 35.6 Å². The van der Waals surface area contributed by atoms with Crippen LogP contribution in [0.2, 0.25) is 0 Å². The Morgan fingerprint density at radius 3 is 2.31 bits per heavy atom. The molecule has 1 aliphatic carbocycles. The molecule has 1 saturated heterocycles. The smallest absolute Gasteiger partial charge is 0.329 e. The van der Waals surface area contributed by atoms with E-state index in [1.807, 2.05) is 0 Å². The van der Waals surface area contributed by atoms with Crippen LogP contribution in [0.15, 0.2) is 0 Å². The molecule has 16 heavy (non-hydrogen) atoms. The first-order valence-corrected chi connectivity index (χ1v) is 5.90. The van der Waals surface area contributed by atoms with Crippen LogP contribution in [0.4, 0.5) is 0 Å². The molecule has 0 atom stereocenters. The van der Waals surface area contributed by atoms with Gasteiger partial charge in [-0.15, -0.1) is 0 Å². The Kier molecular flexibility index (Phi) is 3.14. The van der Waals surface area contributed by atoms with E-state index in [1.54, 1.807) is 0 Å². The van der Waals surface area contributed by atoms with Gasteiger partial charge in [-0.05, 0) is 45.2 Å². The van der Waals surface area contributed by atoms with Crippen LogP contribution in [0.3, 0.4) is 0 Å². The van der Waals surface area contributed by atoms with Crippen LogP contribution >= 0.6 is 0 Å². The highest BCUT2D eigenvalue weighted by molar-refractivity contribution is 5.88. The maximum Gasteiger partial charge on any atom is 0.329 e. The second-order valence-electron chi connectivity index (χ2n) is 4.75. The van der Waals surface area contributed by atoms with Gasteiger partial charge >= 0.3 is 5.97 Å². The number of carbonyl (C=O) groups is 2. The SMILES string of the molecule is O=C(NC1(C(=O)O)CCC1)C1CCNCC1. The van der Waals surface area contributed by atoms with Gasteiger partial charge in [-0.25, -0.2) is 4.79 Å². The molecule has 1 saturated carbocycles. The number of rotatable bonds is 3. The summed E-state index contributed by atoms with van der Waals surface area (Å²) in [4.78, 5) is 23.0. The lowest BCUT2D eigenvalue weighted by atomic mass is 9.76. The third-order valence-electron chi connectivity index (χ3n) is 3.69. The molecular weight excluding hydrogens is 208 g/mol. The molecule has 3 N–H and O–H groups in total. The van der Waals surface area contributed by atoms with Crippen LogP contribution in [0.1, 0.15) is 32.1 Å². The maximum absolute atomic E-state index is 11.9. The number of nitrogens with one attached hydrogen (secondary N) is 2. The highest BCUT2D eigenvalue weighted by Gasteiger charge is 2.46. The van der Waals surface area contributed by atoms with Crippen LogP contribution < -0.4 is 10.6 Å². The number of carbonyl (C=O) groups excluding carboxylic acids is 1. The number of amides is 1. The summed E-state index contributed by atoms with van der Waals surface area (Å²) in [6, 6.07) is 0. The van der Waals surface area contributed by atoms with Crippen molar-refractivity contribution in [3.63, 3.8) is 0 Å². The number of piperidine rings is 1. The number of hydrogen-bond donors (Lipinski definition) is 3. The Hall–Kier alpha value is -1.10. The minimum atomic E-state index is -0.956. The highest BCUT2D eigenvalue weighted by Crippen LogP contribution is 2.32. The molecule has 0 unspecified atom stereocenters. The van der Waals surface area contributed by atoms with E-state index in [1.165, 1.54) is 0 Å². The van der Waals surface area contributed by atoms with E-state index in [2.05, 4.69) is 10.6 Å². The quantitative estimate of drug-likeness (QED) is 0.638. The zero-order valence-electron chi connectivity index (χ0n) is 9.29. The minimum absolute atomic E-state index is 0.0157. The van der Waals surface area contributed by atoms with Gasteiger partial charge in [-0.2, -0.15) is 0 Å². The molecule has 0 aromatic carbocycles. The highest BCUT2D eigenvalue weighted by atomic mass is 16.4. The van der Waals surface area contributed by atoms with Gasteiger partial charge in [0, 0.05) is 5.92 Å². The van der Waals surface area contributed by atoms with E-state index in [-0.39, 0.29) is 11.8 Å². The topological polar surface area (TPSA) is 78.4 Å². The summed E-state index contributed by atoms with van der Waals surface area (Å²) in [7, 11) is 0. The standard InChI is InChI=1S/C11H18N2O3/c14-9(8-2-6-12-7-3-8)13-11(10(15)16)4-1-5-11/h8,12H,1-7H2,(H,13,14)(H,15,16). The lowest BCUT2D eigenvalue weighted by Gasteiger charge is -2.39. The van der Waals surface area contributed by atoms with Gasteiger partial charge < -0.3 is 15.7 Å². The normalized spacial score (nSPS) is 24.5. The largest absolute Gasteiger partial charge is 0.480 e. The van der Waals surface area contributed by atoms with Crippen molar-refractivity contribution in [3.05, 3.63) is 0 Å². The molecule has 0 bridgehead atoms. The zero-order chi connectivity index (χ0) is 11.6. The summed E-state index contributed by atoms with van der Waals surface area (Å²) in [6.07, 6.45) is 3.64. The van der Waals surface area contributed by atoms with Crippen molar-refractivity contribution in [2.75, 3.05) is 13.1 Å². The van der Waals surface area contributed by atoms with Crippen molar-refractivity contribution >= 4 is 11.9 Å². The molecule has 5 heteroatoms. The van der Waals surface area contributed by atoms with Crippen LogP contribution in [-0.2, 0) is 9.59 Å². The zero-order valence-corrected chi connectivity index (χ0v) is 9.29. The van der Waals surface area contributed by atoms with Crippen LogP contribution in [0, 0.1) is 5.92 Å². The van der Waals surface area contributed by atoms with Gasteiger partial charge in [0.25, 0.3) is 0 Å². The number of carboxylic acids is 1. The fourth-order valence-corrected chi connectivity index (χ4v) is 2.34. The van der Waals surface area contributed by atoms with Crippen molar-refractivity contribution in [1.29, 1.82) is 0 Å². The number of aliphatic carboxylic acids is 1. The van der Waals surface area contributed by atoms with Crippen molar-refractivity contribution in [2.24, 2.45) is 5.92 Å². The fraction of sp³-hybridized carbons (Fsp3) is 0.818. The van der Waals surface area contributed by atoms with E-state index in [0.717, 1.165) is 32.4 Å². The minimum Gasteiger partial charge on any atom is -0.480 e. The molecule has 1 amide bonds. The molecule has 0 aromatic rings. The van der Waals surface area contributed by atoms with Crippen molar-refractivity contribution in [1.82, 2.24) is 10.6 Å². The Bertz CT molecular complexity index is 294. The maximum atomic E-state index is 11.9. The van der Waals surface area contributed by atoms with E-state index in [9.17, 15) is 9.59 Å². The average Bonchev–Trinajstić information content (AvgIpc) is 2.24. The first-order chi connectivity index (χ1) is 7.64. The van der Waals surface area contributed by atoms with E-state index < -0.39 is 11.5 Å². The lowest BCUT2D eigenvalue weighted by molar-refractivity contribution is -0.152. The van der Waals surface area contributed by atoms with Gasteiger partial charge in [-0.1, -0.05) is 0 Å². The molecule has 2 rings (SSSR count). The summed E-state index contributed by atoms with van der Waals surface area (Å²) in [5, 5.41) is 15.0. The van der Waals surface area contributed by atoms with Gasteiger partial charge in [0.05, 0.1) is 0 Å². The number of carboxylic acid groups (broad SMARTS) is 1. The van der Waals surface area contributed by atoms with Gasteiger partial charge in [0.2, 0.25) is 5.91 Å². The van der Waals surface area contributed by atoms with E-state index in [0.29, 0.717) is 12.8 Å². The van der Waals surface area contributed by atoms with Crippen molar-refractivity contribution < 1.29 is 14.7 Å². The molecule has 2 fully saturated rings. The predicted molar refractivity (Wildman–Crippen MR) is 58.0 cm³/mol. The molecule has 90 valence electrons. The van der Waals surface area contributed by atoms with E-state index >= 15 is 0 Å². The van der Waals surface area contributed by atoms with Gasteiger partial charge in [-0.3, -0.25) is 4.79 Å². The predicted octanol–water partition coefficient (Wildman–Crippen LogP) is 0.109. The summed E-state index contributed by atoms with van der Waals surface area (Å²) < 4.78 is 0. The third kappa shape index (κ3) is 2.04. The Morgan fingerprint density at radius 1 is 1.25 bits per heavy atom. The van der Waals surface area contributed by atoms with Crippen LogP contribution in [0.25, 0.3) is 0 Å². The van der Waals surface area contributed by atoms with E-state index in [4.69, 9.17) is 5.11 Å². The molecule has 2 aliphatic rings. The Balaban J connectivity index is 1.92. The molecule has 0 spiro atoms. The van der Waals surface area contributed by atoms with Crippen molar-refractivity contribution in [3.8, 4) is 0 Å². The fourth-order valence-electron chi connectivity index (χ4n) is 2.34. The average molecular weight is 226 g/mol. The van der Waals surface area contributed by atoms with Crippen molar-refractivity contribution in [2.45, 2.75) is 37.6 Å². The summed E-state index contributed by atoms with van der Waals surface area (Å²) in [5.74, 6) is -0.984. The second-order valence-corrected chi connectivity index (χ2v) is 4.75. The Labute approximate surface area is 94.6 Å². The monoisotopic (exact) mass is 226 g/mol. The van der Waals surface area contributed by atoms with Gasteiger partial charge in [0.15, 0.2) is 0 Å². The molecule has 0 aromatic heterocycles. The first-order valence-electron chi connectivity index (χ1n) is 5.90. The summed E-state index contributed by atoms with van der Waals surface area (Å²) >= 11 is 0. The lowest BCUT2D eigenvalue weighted by Crippen LogP contribution is -2.60. The van der Waals surface area contributed by atoms with Gasteiger partial charge in [0.1, 0.15) is 5.54 Å². The first kappa shape index (κ1) is 11.4. The molecular formula is C11H18N2O3. The molecule has 1 heterocycles. The number of hydrogen-bond acceptors (Lipinski definition) is 3. The second kappa shape index (κ2) is 4.41. The third-order valence-corrected chi connectivity index (χ3v) is 3.69. The Morgan fingerprint density at radius 2 is 1.88 bits per heavy atom. The summed E-state index contributed by atoms with van der Waals surface area (Å²) in [6.45, 7) is 1.69. The molecule has 5 nitrogen and oxygen atoms in total. The summed E-state index contributed by atoms with van der Waals surface area (Å²) in [5.41, 5.74) is -0.956. The van der Waals surface area contributed by atoms with Crippen LogP contribution in [0.5, 0.6) is 0 Å². The molecule has 1 aliphatic heterocycles.